The van der Waals surface area contributed by atoms with Gasteiger partial charge < -0.3 is 14.1 Å². The molecule has 1 aliphatic heterocycles. The van der Waals surface area contributed by atoms with E-state index in [1.54, 1.807) is 37.2 Å². The summed E-state index contributed by atoms with van der Waals surface area (Å²) in [5, 5.41) is 12.9. The van der Waals surface area contributed by atoms with Gasteiger partial charge in [0.05, 0.1) is 34.1 Å². The molecule has 0 amide bonds. The first-order chi connectivity index (χ1) is 14.8. The van der Waals surface area contributed by atoms with E-state index in [0.29, 0.717) is 39.6 Å². The summed E-state index contributed by atoms with van der Waals surface area (Å²) < 4.78 is 10.4. The quantitative estimate of drug-likeness (QED) is 0.485. The largest absolute Gasteiger partial charge is 0.448 e. The van der Waals surface area contributed by atoms with Crippen molar-refractivity contribution in [3.8, 4) is 10.7 Å². The van der Waals surface area contributed by atoms with Gasteiger partial charge in [-0.05, 0) is 30.7 Å². The van der Waals surface area contributed by atoms with Crippen LogP contribution >= 0.6 is 34.7 Å². The summed E-state index contributed by atoms with van der Waals surface area (Å²) in [7, 11) is 3.15. The van der Waals surface area contributed by atoms with E-state index >= 15 is 0 Å². The Kier molecular flexibility index (Phi) is 4.93. The Balaban J connectivity index is 1.92. The van der Waals surface area contributed by atoms with Crippen LogP contribution in [-0.2, 0) is 20.6 Å². The number of hydrogen-bond acceptors (Lipinski definition) is 7. The van der Waals surface area contributed by atoms with E-state index in [9.17, 15) is 14.7 Å². The van der Waals surface area contributed by atoms with Crippen molar-refractivity contribution in [1.29, 1.82) is 0 Å². The third-order valence-electron chi connectivity index (χ3n) is 5.56. The monoisotopic (exact) mass is 478 g/mol. The molecule has 11 heteroatoms. The lowest BCUT2D eigenvalue weighted by Crippen LogP contribution is -2.37. The highest BCUT2D eigenvalue weighted by Crippen LogP contribution is 2.47. The molecule has 31 heavy (non-hydrogen) atoms. The third-order valence-corrected chi connectivity index (χ3v) is 7.83. The zero-order valence-electron chi connectivity index (χ0n) is 17.0. The lowest BCUT2D eigenvalue weighted by atomic mass is 10.2. The van der Waals surface area contributed by atoms with Crippen LogP contribution in [0.1, 0.15) is 35.4 Å². The van der Waals surface area contributed by atoms with E-state index in [4.69, 9.17) is 16.0 Å². The number of halogens is 1. The average Bonchev–Trinajstić information content (AvgIpc) is 3.46. The highest BCUT2D eigenvalue weighted by atomic mass is 35.5. The second-order valence-corrected chi connectivity index (χ2v) is 9.90. The fraction of sp³-hybridized carbons (Fsp3) is 0.350. The highest BCUT2D eigenvalue weighted by molar-refractivity contribution is 7.99. The molecule has 4 aromatic rings. The van der Waals surface area contributed by atoms with Crippen LogP contribution in [0.3, 0.4) is 0 Å². The SMILES string of the molecule is C[C@@H](O)c1csc(-c2c3c(=O)n(C)c(=O)n(C)c3c3n2CCS[C@@H]3c2ccc(Cl)o2)n1. The Morgan fingerprint density at radius 2 is 2.06 bits per heavy atom. The molecular formula is C20H19ClN4O4S2. The lowest BCUT2D eigenvalue weighted by Gasteiger charge is -2.24. The van der Waals surface area contributed by atoms with Crippen molar-refractivity contribution in [3.05, 3.63) is 60.7 Å². The molecule has 1 aliphatic rings. The molecular weight excluding hydrogens is 460 g/mol. The summed E-state index contributed by atoms with van der Waals surface area (Å²) in [4.78, 5) is 30.7. The summed E-state index contributed by atoms with van der Waals surface area (Å²) in [6.07, 6.45) is -0.715. The van der Waals surface area contributed by atoms with Crippen LogP contribution in [0.5, 0.6) is 0 Å². The Hall–Kier alpha value is -2.27. The number of thiazole rings is 1. The van der Waals surface area contributed by atoms with Gasteiger partial charge in [0.2, 0.25) is 0 Å². The van der Waals surface area contributed by atoms with Crippen LogP contribution in [0.15, 0.2) is 31.5 Å². The molecule has 162 valence electrons. The molecule has 1 N–H and O–H groups in total. The van der Waals surface area contributed by atoms with E-state index in [-0.39, 0.29) is 16.0 Å². The lowest BCUT2D eigenvalue weighted by molar-refractivity contribution is 0.195. The van der Waals surface area contributed by atoms with Gasteiger partial charge in [-0.25, -0.2) is 9.78 Å². The molecule has 0 bridgehead atoms. The molecule has 0 radical (unpaired) electrons. The third kappa shape index (κ3) is 3.04. The van der Waals surface area contributed by atoms with Crippen molar-refractivity contribution >= 4 is 45.6 Å². The number of aromatic nitrogens is 4. The van der Waals surface area contributed by atoms with Gasteiger partial charge in [-0.2, -0.15) is 0 Å². The van der Waals surface area contributed by atoms with Crippen molar-refractivity contribution in [3.63, 3.8) is 0 Å². The Bertz CT molecular complexity index is 1440. The number of thioether (sulfide) groups is 1. The molecule has 5 rings (SSSR count). The van der Waals surface area contributed by atoms with Gasteiger partial charge in [-0.15, -0.1) is 23.1 Å². The van der Waals surface area contributed by atoms with Crippen LogP contribution in [0, 0.1) is 0 Å². The standard InChI is InChI=1S/C20H19ClN4O4S2/c1-9(26)10-8-31-18(22-10)15-13-14(23(2)20(28)24(3)19(13)27)16-17(30-7-6-25(15)16)11-4-5-12(21)29-11/h4-5,8-9,17,26H,6-7H2,1-3H3/t9-,17-/m1/s1. The first-order valence-corrected chi connectivity index (χ1v) is 11.9. The van der Waals surface area contributed by atoms with Crippen LogP contribution in [0.4, 0.5) is 0 Å². The number of rotatable bonds is 3. The highest BCUT2D eigenvalue weighted by Gasteiger charge is 2.35. The maximum Gasteiger partial charge on any atom is 0.331 e. The van der Waals surface area contributed by atoms with Crippen molar-refractivity contribution in [2.75, 3.05) is 5.75 Å². The number of aliphatic hydroxyl groups is 1. The van der Waals surface area contributed by atoms with Gasteiger partial charge in [0.1, 0.15) is 16.0 Å². The van der Waals surface area contributed by atoms with Crippen molar-refractivity contribution < 1.29 is 9.52 Å². The summed E-state index contributed by atoms with van der Waals surface area (Å²) in [6.45, 7) is 2.30. The number of aliphatic hydroxyl groups excluding tert-OH is 1. The fourth-order valence-electron chi connectivity index (χ4n) is 4.07. The summed E-state index contributed by atoms with van der Waals surface area (Å²) in [5.41, 5.74) is 1.84. The molecule has 0 spiro atoms. The molecule has 0 aromatic carbocycles. The van der Waals surface area contributed by atoms with E-state index in [1.165, 1.54) is 23.0 Å². The first kappa shape index (κ1) is 20.6. The number of fused-ring (bicyclic) bond motifs is 3. The van der Waals surface area contributed by atoms with Crippen molar-refractivity contribution in [1.82, 2.24) is 18.7 Å². The van der Waals surface area contributed by atoms with Crippen molar-refractivity contribution in [2.45, 2.75) is 24.8 Å². The van der Waals surface area contributed by atoms with Crippen LogP contribution in [0.25, 0.3) is 21.6 Å². The Morgan fingerprint density at radius 1 is 1.29 bits per heavy atom. The normalized spacial score (nSPS) is 17.3. The Labute approximate surface area is 189 Å². The number of furan rings is 1. The van der Waals surface area contributed by atoms with E-state index in [1.807, 2.05) is 6.07 Å². The van der Waals surface area contributed by atoms with Crippen LogP contribution in [0.2, 0.25) is 5.22 Å². The van der Waals surface area contributed by atoms with Gasteiger partial charge >= 0.3 is 5.69 Å². The minimum absolute atomic E-state index is 0.230. The number of nitrogens with zero attached hydrogens (tertiary/aromatic N) is 4. The van der Waals surface area contributed by atoms with E-state index in [2.05, 4.69) is 9.55 Å². The molecule has 0 aliphatic carbocycles. The minimum atomic E-state index is -0.715. The molecule has 0 fully saturated rings. The van der Waals surface area contributed by atoms with Gasteiger partial charge in [0, 0.05) is 31.8 Å². The predicted octanol–water partition coefficient (Wildman–Crippen LogP) is 3.30. The fourth-order valence-corrected chi connectivity index (χ4v) is 6.40. The molecule has 2 atom stereocenters. The minimum Gasteiger partial charge on any atom is -0.448 e. The molecule has 8 nitrogen and oxygen atoms in total. The van der Waals surface area contributed by atoms with Crippen LogP contribution in [-0.4, -0.2) is 29.5 Å². The van der Waals surface area contributed by atoms with Gasteiger partial charge in [-0.3, -0.25) is 13.9 Å². The topological polar surface area (TPSA) is 95.2 Å². The van der Waals surface area contributed by atoms with Crippen LogP contribution < -0.4 is 11.2 Å². The van der Waals surface area contributed by atoms with Crippen molar-refractivity contribution in [2.24, 2.45) is 14.1 Å². The summed E-state index contributed by atoms with van der Waals surface area (Å²) in [5.74, 6) is 1.45. The zero-order chi connectivity index (χ0) is 22.0. The maximum atomic E-state index is 13.3. The molecule has 5 heterocycles. The summed E-state index contributed by atoms with van der Waals surface area (Å²) in [6, 6.07) is 3.51. The second kappa shape index (κ2) is 7.40. The number of aryl methyl sites for hydroxylation is 1. The molecule has 0 unspecified atom stereocenters. The zero-order valence-corrected chi connectivity index (χ0v) is 19.3. The molecule has 0 saturated carbocycles. The summed E-state index contributed by atoms with van der Waals surface area (Å²) >= 11 is 9.08. The first-order valence-electron chi connectivity index (χ1n) is 9.62. The maximum absolute atomic E-state index is 13.3. The van der Waals surface area contributed by atoms with E-state index < -0.39 is 11.8 Å². The molecule has 4 aromatic heterocycles. The van der Waals surface area contributed by atoms with Gasteiger partial charge in [-0.1, -0.05) is 0 Å². The Morgan fingerprint density at radius 3 is 2.71 bits per heavy atom. The van der Waals surface area contributed by atoms with Gasteiger partial charge in [0.25, 0.3) is 5.56 Å². The smallest absolute Gasteiger partial charge is 0.331 e. The van der Waals surface area contributed by atoms with Gasteiger partial charge in [0.15, 0.2) is 5.22 Å². The average molecular weight is 479 g/mol. The molecule has 0 saturated heterocycles. The van der Waals surface area contributed by atoms with E-state index in [0.717, 1.165) is 16.0 Å². The predicted molar refractivity (Wildman–Crippen MR) is 122 cm³/mol. The second-order valence-electron chi connectivity index (χ2n) is 7.46. The number of hydrogen-bond donors (Lipinski definition) is 1.